The zero-order valence-electron chi connectivity index (χ0n) is 8.16. The van der Waals surface area contributed by atoms with E-state index in [2.05, 4.69) is 0 Å². The monoisotopic (exact) mass is 197 g/mol. The van der Waals surface area contributed by atoms with Gasteiger partial charge in [0.2, 0.25) is 0 Å². The molecule has 0 aliphatic rings. The van der Waals surface area contributed by atoms with Gasteiger partial charge in [0.05, 0.1) is 5.75 Å². The van der Waals surface area contributed by atoms with Gasteiger partial charge in [0.25, 0.3) is 10.1 Å². The highest BCUT2D eigenvalue weighted by Gasteiger charge is 1.98. The molecule has 0 unspecified atom stereocenters. The Morgan fingerprint density at radius 2 is 1.58 bits per heavy atom. The smallest absolute Gasteiger partial charge is 0.264 e. The molecule has 0 aromatic carbocycles. The maximum Gasteiger partial charge on any atom is 0.264 e. The molecule has 0 aliphatic carbocycles. The predicted molar refractivity (Wildman–Crippen MR) is 50.6 cm³/mol. The summed E-state index contributed by atoms with van der Waals surface area (Å²) in [6, 6.07) is 0. The lowest BCUT2D eigenvalue weighted by atomic mass is 10.1. The first-order valence-electron chi connectivity index (χ1n) is 3.80. The third-order valence-corrected chi connectivity index (χ3v) is 1.39. The Kier molecular flexibility index (Phi) is 6.60. The molecule has 0 saturated carbocycles. The molecule has 0 heterocycles. The number of nitrogens with two attached hydrogens (primary N) is 1. The zero-order valence-corrected chi connectivity index (χ0v) is 8.98. The first-order valence-corrected chi connectivity index (χ1v) is 5.41. The molecule has 0 rings (SSSR count). The third-order valence-electron chi connectivity index (χ3n) is 0.462. The van der Waals surface area contributed by atoms with Crippen LogP contribution in [-0.2, 0) is 10.1 Å². The summed E-state index contributed by atoms with van der Waals surface area (Å²) >= 11 is 0. The number of rotatable bonds is 2. The largest absolute Gasteiger partial charge is 0.326 e. The van der Waals surface area contributed by atoms with Crippen LogP contribution in [0.1, 0.15) is 34.1 Å². The van der Waals surface area contributed by atoms with E-state index in [0.717, 1.165) is 0 Å². The van der Waals surface area contributed by atoms with Crippen molar-refractivity contribution < 1.29 is 13.0 Å². The van der Waals surface area contributed by atoms with Gasteiger partial charge in [-0.3, -0.25) is 4.55 Å². The van der Waals surface area contributed by atoms with Crippen LogP contribution in [-0.4, -0.2) is 24.3 Å². The minimum Gasteiger partial charge on any atom is -0.326 e. The van der Waals surface area contributed by atoms with Crippen LogP contribution in [0.15, 0.2) is 0 Å². The summed E-state index contributed by atoms with van der Waals surface area (Å²) in [5.41, 5.74) is 5.35. The van der Waals surface area contributed by atoms with Crippen molar-refractivity contribution in [1.29, 1.82) is 0 Å². The van der Waals surface area contributed by atoms with Crippen molar-refractivity contribution in [2.24, 2.45) is 5.73 Å². The van der Waals surface area contributed by atoms with Crippen molar-refractivity contribution in [3.63, 3.8) is 0 Å². The van der Waals surface area contributed by atoms with E-state index in [4.69, 9.17) is 10.3 Å². The quantitative estimate of drug-likeness (QED) is 0.648. The zero-order chi connectivity index (χ0) is 10.4. The van der Waals surface area contributed by atoms with Crippen molar-refractivity contribution in [2.75, 3.05) is 5.75 Å². The fraction of sp³-hybridized carbons (Fsp3) is 1.00. The van der Waals surface area contributed by atoms with Gasteiger partial charge >= 0.3 is 0 Å². The van der Waals surface area contributed by atoms with Gasteiger partial charge in [0, 0.05) is 5.54 Å². The fourth-order valence-electron chi connectivity index (χ4n) is 0.258. The molecular formula is C7H19NO3S. The maximum atomic E-state index is 9.79. The second kappa shape index (κ2) is 5.50. The van der Waals surface area contributed by atoms with Crippen molar-refractivity contribution in [3.05, 3.63) is 0 Å². The molecule has 0 aromatic heterocycles. The molecule has 4 nitrogen and oxygen atoms in total. The van der Waals surface area contributed by atoms with Crippen LogP contribution in [0.2, 0.25) is 0 Å². The van der Waals surface area contributed by atoms with Gasteiger partial charge in [-0.15, -0.1) is 0 Å². The lowest BCUT2D eigenvalue weighted by molar-refractivity contribution is 0.482. The Balaban J connectivity index is 0. The number of hydrogen-bond acceptors (Lipinski definition) is 3. The van der Waals surface area contributed by atoms with Gasteiger partial charge in [0.15, 0.2) is 0 Å². The third kappa shape index (κ3) is 51.8. The van der Waals surface area contributed by atoms with Crippen molar-refractivity contribution >= 4 is 10.1 Å². The van der Waals surface area contributed by atoms with Gasteiger partial charge in [0.1, 0.15) is 0 Å². The first-order chi connectivity index (χ1) is 5.06. The summed E-state index contributed by atoms with van der Waals surface area (Å²) in [6.07, 6.45) is 0.471. The van der Waals surface area contributed by atoms with Crippen LogP contribution in [0.4, 0.5) is 0 Å². The second-order valence-corrected chi connectivity index (χ2v) is 5.22. The van der Waals surface area contributed by atoms with Crippen LogP contribution in [0.5, 0.6) is 0 Å². The molecule has 3 N–H and O–H groups in total. The second-order valence-electron chi connectivity index (χ2n) is 3.65. The van der Waals surface area contributed by atoms with Gasteiger partial charge in [-0.05, 0) is 27.2 Å². The molecule has 0 atom stereocenters. The highest BCUT2D eigenvalue weighted by molar-refractivity contribution is 7.85. The van der Waals surface area contributed by atoms with Crippen molar-refractivity contribution in [1.82, 2.24) is 0 Å². The van der Waals surface area contributed by atoms with E-state index in [9.17, 15) is 8.42 Å². The highest BCUT2D eigenvalue weighted by atomic mass is 32.2. The predicted octanol–water partition coefficient (Wildman–Crippen LogP) is 1.03. The summed E-state index contributed by atoms with van der Waals surface area (Å²) in [5.74, 6) is -0.132. The lowest BCUT2D eigenvalue weighted by Gasteiger charge is -2.06. The minimum atomic E-state index is -3.67. The van der Waals surface area contributed by atoms with Crippen LogP contribution >= 0.6 is 0 Å². The highest BCUT2D eigenvalue weighted by Crippen LogP contribution is 1.88. The molecule has 76 valence electrons. The van der Waals surface area contributed by atoms with Crippen LogP contribution in [0, 0.1) is 0 Å². The van der Waals surface area contributed by atoms with E-state index in [1.54, 1.807) is 6.92 Å². The van der Waals surface area contributed by atoms with Gasteiger partial charge < -0.3 is 5.73 Å². The normalized spacial score (nSPS) is 11.8. The Hall–Kier alpha value is -0.130. The fourth-order valence-corrected chi connectivity index (χ4v) is 0.774. The van der Waals surface area contributed by atoms with Gasteiger partial charge in [-0.2, -0.15) is 8.42 Å². The topological polar surface area (TPSA) is 80.4 Å². The molecule has 0 fully saturated rings. The lowest BCUT2D eigenvalue weighted by Crippen LogP contribution is -2.26. The Labute approximate surface area is 74.9 Å². The Morgan fingerprint density at radius 1 is 1.33 bits per heavy atom. The van der Waals surface area contributed by atoms with Crippen LogP contribution in [0.25, 0.3) is 0 Å². The molecule has 0 aliphatic heterocycles. The molecule has 5 heteroatoms. The molecule has 0 radical (unpaired) electrons. The van der Waals surface area contributed by atoms with E-state index < -0.39 is 10.1 Å². The van der Waals surface area contributed by atoms with Gasteiger partial charge in [-0.1, -0.05) is 6.92 Å². The minimum absolute atomic E-state index is 0. The molecule has 0 saturated heterocycles. The molecular weight excluding hydrogens is 178 g/mol. The molecule has 0 aromatic rings. The van der Waals surface area contributed by atoms with E-state index in [0.29, 0.717) is 6.42 Å². The molecule has 0 amide bonds. The molecule has 0 bridgehead atoms. The van der Waals surface area contributed by atoms with Crippen molar-refractivity contribution in [3.8, 4) is 0 Å². The maximum absolute atomic E-state index is 9.79. The average Bonchev–Trinajstić information content (AvgIpc) is 1.54. The summed E-state index contributed by atoms with van der Waals surface area (Å²) in [7, 11) is -3.67. The summed E-state index contributed by atoms with van der Waals surface area (Å²) in [4.78, 5) is 0. The Morgan fingerprint density at radius 3 is 1.58 bits per heavy atom. The molecule has 0 spiro atoms. The standard InChI is InChI=1S/C4H11N.C3H8O3S/c1-4(2,3)5;1-2-3-7(4,5)6/h5H2,1-3H3;2-3H2,1H3,(H,4,5,6). The van der Waals surface area contributed by atoms with E-state index in [1.807, 2.05) is 20.8 Å². The van der Waals surface area contributed by atoms with Crippen molar-refractivity contribution in [2.45, 2.75) is 39.7 Å². The van der Waals surface area contributed by atoms with E-state index >= 15 is 0 Å². The summed E-state index contributed by atoms with van der Waals surface area (Å²) in [5, 5.41) is 0. The first kappa shape index (κ1) is 14.4. The average molecular weight is 197 g/mol. The molecule has 12 heavy (non-hydrogen) atoms. The van der Waals surface area contributed by atoms with E-state index in [-0.39, 0.29) is 11.3 Å². The summed E-state index contributed by atoms with van der Waals surface area (Å²) in [6.45, 7) is 7.58. The van der Waals surface area contributed by atoms with Crippen LogP contribution < -0.4 is 5.73 Å². The Bertz CT molecular complexity index is 185. The van der Waals surface area contributed by atoms with E-state index in [1.165, 1.54) is 0 Å². The van der Waals surface area contributed by atoms with Crippen LogP contribution in [0.3, 0.4) is 0 Å². The SMILES string of the molecule is CC(C)(C)N.CCCS(=O)(=O)O. The summed E-state index contributed by atoms with van der Waals surface area (Å²) < 4.78 is 27.6. The van der Waals surface area contributed by atoms with Gasteiger partial charge in [-0.25, -0.2) is 0 Å². The number of hydrogen-bond donors (Lipinski definition) is 2.